The van der Waals surface area contributed by atoms with Gasteiger partial charge < -0.3 is 14.4 Å². The number of nitrogens with two attached hydrogens (primary N) is 1. The lowest BCUT2D eigenvalue weighted by atomic mass is 10.2. The lowest BCUT2D eigenvalue weighted by Crippen LogP contribution is -2.45. The Labute approximate surface area is 119 Å². The van der Waals surface area contributed by atoms with E-state index in [1.165, 1.54) is 0 Å². The van der Waals surface area contributed by atoms with Crippen LogP contribution in [-0.4, -0.2) is 24.9 Å². The third kappa shape index (κ3) is 3.90. The second-order valence-electron chi connectivity index (χ2n) is 4.35. The third-order valence-electron chi connectivity index (χ3n) is 2.61. The maximum absolute atomic E-state index is 12.7. The van der Waals surface area contributed by atoms with E-state index in [0.29, 0.717) is 11.3 Å². The average Bonchev–Trinajstić information content (AvgIpc) is 2.39. The third-order valence-corrected chi connectivity index (χ3v) is 5.06. The molecule has 0 spiro atoms. The summed E-state index contributed by atoms with van der Waals surface area (Å²) in [5.41, 5.74) is 7.25. The van der Waals surface area contributed by atoms with Gasteiger partial charge in [-0.15, -0.1) is 0 Å². The van der Waals surface area contributed by atoms with Crippen LogP contribution in [0.15, 0.2) is 24.3 Å². The van der Waals surface area contributed by atoms with Crippen molar-refractivity contribution in [2.24, 2.45) is 5.73 Å². The Bertz CT molecular complexity index is 478. The van der Waals surface area contributed by atoms with Crippen LogP contribution < -0.4 is 11.1 Å². The summed E-state index contributed by atoms with van der Waals surface area (Å²) in [4.78, 5) is 10.6. The van der Waals surface area contributed by atoms with E-state index >= 15 is 0 Å². The fourth-order valence-electron chi connectivity index (χ4n) is 1.65. The van der Waals surface area contributed by atoms with Gasteiger partial charge in [0.15, 0.2) is 5.40 Å². The molecular weight excluding hydrogens is 279 g/mol. The molecule has 6 nitrogen and oxygen atoms in total. The lowest BCUT2D eigenvalue weighted by molar-refractivity contribution is 0.112. The Morgan fingerprint density at radius 2 is 1.75 bits per heavy atom. The van der Waals surface area contributed by atoms with Crippen molar-refractivity contribution >= 4 is 19.6 Å². The second-order valence-corrected chi connectivity index (χ2v) is 6.79. The van der Waals surface area contributed by atoms with Gasteiger partial charge in [0, 0.05) is 11.3 Å². The topological polar surface area (TPSA) is 90.7 Å². The van der Waals surface area contributed by atoms with Gasteiger partial charge >= 0.3 is 7.60 Å². The number of hydrogen-bond acceptors (Lipinski definition) is 6. The lowest BCUT2D eigenvalue weighted by Gasteiger charge is -2.33. The normalized spacial score (nSPS) is 14.6. The molecule has 1 aromatic rings. The van der Waals surface area contributed by atoms with Crippen LogP contribution in [-0.2, 0) is 13.6 Å². The molecule has 7 heteroatoms. The molecule has 0 aromatic heterocycles. The first kappa shape index (κ1) is 16.9. The number of carbonyl (C=O) groups excluding carboxylic acids is 1. The van der Waals surface area contributed by atoms with Gasteiger partial charge in [0.1, 0.15) is 6.29 Å². The zero-order chi connectivity index (χ0) is 15.2. The molecule has 0 radical (unpaired) electrons. The van der Waals surface area contributed by atoms with Crippen molar-refractivity contribution in [1.29, 1.82) is 0 Å². The summed E-state index contributed by atoms with van der Waals surface area (Å²) in [6.45, 7) is 5.46. The standard InChI is InChI=1S/C13H21N2O4P/c1-4-18-20(17,19-5-2)13(3,14)15-12-8-6-11(10-16)7-9-12/h6-10,15H,4-5,14H2,1-3H3/t13-/m0/s1. The molecule has 1 atom stereocenters. The van der Waals surface area contributed by atoms with Crippen LogP contribution >= 0.6 is 7.60 Å². The molecule has 0 unspecified atom stereocenters. The first-order chi connectivity index (χ1) is 9.38. The maximum Gasteiger partial charge on any atom is 0.370 e. The predicted octanol–water partition coefficient (Wildman–Crippen LogP) is 2.81. The minimum absolute atomic E-state index is 0.232. The molecule has 0 heterocycles. The number of benzene rings is 1. The first-order valence-electron chi connectivity index (χ1n) is 6.40. The molecular formula is C13H21N2O4P. The van der Waals surface area contributed by atoms with E-state index in [9.17, 15) is 9.36 Å². The molecule has 0 aliphatic heterocycles. The van der Waals surface area contributed by atoms with Gasteiger partial charge in [-0.3, -0.25) is 15.1 Å². The summed E-state index contributed by atoms with van der Waals surface area (Å²) in [5.74, 6) is 0. The van der Waals surface area contributed by atoms with Crippen LogP contribution in [0.2, 0.25) is 0 Å². The Morgan fingerprint density at radius 3 is 2.15 bits per heavy atom. The summed E-state index contributed by atoms with van der Waals surface area (Å²) >= 11 is 0. The molecule has 0 amide bonds. The summed E-state index contributed by atoms with van der Waals surface area (Å²) in [7, 11) is -3.51. The summed E-state index contributed by atoms with van der Waals surface area (Å²) in [6, 6.07) is 6.63. The van der Waals surface area contributed by atoms with Gasteiger partial charge in [0.25, 0.3) is 0 Å². The number of aldehydes is 1. The van der Waals surface area contributed by atoms with Gasteiger partial charge in [0.2, 0.25) is 0 Å². The first-order valence-corrected chi connectivity index (χ1v) is 7.94. The van der Waals surface area contributed by atoms with Gasteiger partial charge in [-0.25, -0.2) is 0 Å². The van der Waals surface area contributed by atoms with E-state index in [2.05, 4.69) is 5.32 Å². The highest BCUT2D eigenvalue weighted by Crippen LogP contribution is 2.57. The zero-order valence-corrected chi connectivity index (χ0v) is 12.9. The van der Waals surface area contributed by atoms with Crippen LogP contribution in [0.1, 0.15) is 31.1 Å². The van der Waals surface area contributed by atoms with Crippen LogP contribution in [0.5, 0.6) is 0 Å². The number of anilines is 1. The Kier molecular flexibility index (Phi) is 5.89. The van der Waals surface area contributed by atoms with Crippen LogP contribution in [0.25, 0.3) is 0 Å². The Balaban J connectivity index is 2.95. The highest BCUT2D eigenvalue weighted by Gasteiger charge is 2.44. The van der Waals surface area contributed by atoms with E-state index in [1.54, 1.807) is 45.0 Å². The van der Waals surface area contributed by atoms with Gasteiger partial charge in [-0.05, 0) is 45.0 Å². The molecule has 1 aromatic carbocycles. The second kappa shape index (κ2) is 6.99. The molecule has 0 fully saturated rings. The number of rotatable bonds is 8. The highest BCUT2D eigenvalue weighted by molar-refractivity contribution is 7.55. The molecule has 0 bridgehead atoms. The monoisotopic (exact) mass is 300 g/mol. The molecule has 1 rings (SSSR count). The highest BCUT2D eigenvalue weighted by atomic mass is 31.2. The number of hydrogen-bond donors (Lipinski definition) is 2. The van der Waals surface area contributed by atoms with Crippen molar-refractivity contribution in [2.45, 2.75) is 26.2 Å². The molecule has 0 aliphatic carbocycles. The van der Waals surface area contributed by atoms with Crippen molar-refractivity contribution in [3.05, 3.63) is 29.8 Å². The molecule has 0 saturated carbocycles. The fraction of sp³-hybridized carbons (Fsp3) is 0.462. The van der Waals surface area contributed by atoms with E-state index in [-0.39, 0.29) is 13.2 Å². The van der Waals surface area contributed by atoms with Crippen molar-refractivity contribution in [3.8, 4) is 0 Å². The van der Waals surface area contributed by atoms with Crippen molar-refractivity contribution in [1.82, 2.24) is 0 Å². The van der Waals surface area contributed by atoms with Crippen molar-refractivity contribution < 1.29 is 18.4 Å². The van der Waals surface area contributed by atoms with Crippen LogP contribution in [0, 0.1) is 0 Å². The Morgan fingerprint density at radius 1 is 1.25 bits per heavy atom. The summed E-state index contributed by atoms with van der Waals surface area (Å²) < 4.78 is 23.2. The number of nitrogens with one attached hydrogen (secondary N) is 1. The van der Waals surface area contributed by atoms with E-state index in [1.807, 2.05) is 0 Å². The Hall–Kier alpha value is -1.20. The van der Waals surface area contributed by atoms with E-state index in [0.717, 1.165) is 6.29 Å². The summed E-state index contributed by atoms with van der Waals surface area (Å²) in [5, 5.41) is 1.56. The molecule has 0 saturated heterocycles. The SMILES string of the molecule is CCOP(=O)(OCC)[C@@](C)(N)Nc1ccc(C=O)cc1. The zero-order valence-electron chi connectivity index (χ0n) is 12.0. The van der Waals surface area contributed by atoms with E-state index < -0.39 is 13.0 Å². The van der Waals surface area contributed by atoms with E-state index in [4.69, 9.17) is 14.8 Å². The summed E-state index contributed by atoms with van der Waals surface area (Å²) in [6.07, 6.45) is 0.747. The maximum atomic E-state index is 12.7. The fourth-order valence-corrected chi connectivity index (χ4v) is 3.21. The predicted molar refractivity (Wildman–Crippen MR) is 78.9 cm³/mol. The minimum Gasteiger partial charge on any atom is -0.358 e. The molecule has 3 N–H and O–H groups in total. The molecule has 112 valence electrons. The molecule has 20 heavy (non-hydrogen) atoms. The van der Waals surface area contributed by atoms with Crippen LogP contribution in [0.3, 0.4) is 0 Å². The smallest absolute Gasteiger partial charge is 0.358 e. The van der Waals surface area contributed by atoms with Gasteiger partial charge in [0.05, 0.1) is 13.2 Å². The van der Waals surface area contributed by atoms with Crippen molar-refractivity contribution in [3.63, 3.8) is 0 Å². The van der Waals surface area contributed by atoms with Crippen LogP contribution in [0.4, 0.5) is 5.69 Å². The van der Waals surface area contributed by atoms with Crippen molar-refractivity contribution in [2.75, 3.05) is 18.5 Å². The minimum atomic E-state index is -3.51. The largest absolute Gasteiger partial charge is 0.370 e. The average molecular weight is 300 g/mol. The quantitative estimate of drug-likeness (QED) is 0.436. The number of carbonyl (C=O) groups is 1. The van der Waals surface area contributed by atoms with Gasteiger partial charge in [-0.2, -0.15) is 0 Å². The molecule has 0 aliphatic rings. The van der Waals surface area contributed by atoms with Gasteiger partial charge in [-0.1, -0.05) is 0 Å².